The van der Waals surface area contributed by atoms with Crippen molar-refractivity contribution in [2.24, 2.45) is 4.99 Å². The molecule has 1 heterocycles. The first-order valence-corrected chi connectivity index (χ1v) is 10.4. The summed E-state index contributed by atoms with van der Waals surface area (Å²) in [5.41, 5.74) is 1.70. The average molecular weight is 489 g/mol. The van der Waals surface area contributed by atoms with Crippen LogP contribution in [0, 0.1) is 17.0 Å². The first-order valence-electron chi connectivity index (χ1n) is 9.60. The van der Waals surface area contributed by atoms with Crippen molar-refractivity contribution < 1.29 is 23.9 Å². The number of benzene rings is 2. The topological polar surface area (TPSA) is 100 Å². The summed E-state index contributed by atoms with van der Waals surface area (Å²) in [5.74, 6) is 0.609. The van der Waals surface area contributed by atoms with Gasteiger partial charge in [0.1, 0.15) is 0 Å². The Bertz CT molecular complexity index is 1110. The highest BCUT2D eigenvalue weighted by molar-refractivity contribution is 9.10. The summed E-state index contributed by atoms with van der Waals surface area (Å²) in [4.78, 5) is 27.2. The second-order valence-corrected chi connectivity index (χ2v) is 7.88. The number of ether oxygens (including phenoxy) is 3. The van der Waals surface area contributed by atoms with Crippen LogP contribution < -0.4 is 9.47 Å². The second-order valence-electron chi connectivity index (χ2n) is 7.02. The minimum atomic E-state index is -0.609. The van der Waals surface area contributed by atoms with Crippen LogP contribution in [0.3, 0.4) is 0 Å². The van der Waals surface area contributed by atoms with E-state index in [0.29, 0.717) is 39.3 Å². The van der Waals surface area contributed by atoms with Gasteiger partial charge in [0, 0.05) is 17.2 Å². The van der Waals surface area contributed by atoms with Crippen molar-refractivity contribution in [1.82, 2.24) is 0 Å². The summed E-state index contributed by atoms with van der Waals surface area (Å²) in [6, 6.07) is 7.98. The van der Waals surface area contributed by atoms with Gasteiger partial charge < -0.3 is 14.2 Å². The van der Waals surface area contributed by atoms with E-state index in [2.05, 4.69) is 20.9 Å². The number of aliphatic imine (C=N–C) groups is 1. The number of aryl methyl sites for hydroxylation is 1. The number of carbonyl (C=O) groups is 1. The molecule has 0 aliphatic carbocycles. The predicted octanol–water partition coefficient (Wildman–Crippen LogP) is 5.20. The molecule has 0 fully saturated rings. The number of hydrogen-bond donors (Lipinski definition) is 0. The lowest BCUT2D eigenvalue weighted by Gasteiger charge is -2.16. The molecule has 0 saturated heterocycles. The average Bonchev–Trinajstić information content (AvgIpc) is 3.04. The van der Waals surface area contributed by atoms with Gasteiger partial charge in [0.05, 0.1) is 22.1 Å². The summed E-state index contributed by atoms with van der Waals surface area (Å²) in [6.45, 7) is 7.77. The van der Waals surface area contributed by atoms with Gasteiger partial charge in [-0.1, -0.05) is 0 Å². The number of nitro groups is 1. The summed E-state index contributed by atoms with van der Waals surface area (Å²) in [5, 5.41) is 11.0. The SMILES string of the molecule is CCOc1cc(/C=C2\N=C(c3ccc([N+](=O)[O-])c(C)c3)OC2=O)cc(Br)c1OC(C)C. The molecule has 0 bridgehead atoms. The van der Waals surface area contributed by atoms with Gasteiger partial charge in [-0.3, -0.25) is 10.1 Å². The molecule has 1 aliphatic heterocycles. The Kier molecular flexibility index (Phi) is 6.74. The monoisotopic (exact) mass is 488 g/mol. The van der Waals surface area contributed by atoms with Crippen LogP contribution in [0.2, 0.25) is 0 Å². The number of nitro benzene ring substituents is 1. The normalized spacial score (nSPS) is 14.6. The Balaban J connectivity index is 1.96. The van der Waals surface area contributed by atoms with Gasteiger partial charge in [-0.05, 0) is 79.5 Å². The zero-order valence-electron chi connectivity index (χ0n) is 17.5. The van der Waals surface area contributed by atoms with Crippen molar-refractivity contribution in [1.29, 1.82) is 0 Å². The fraction of sp³-hybridized carbons (Fsp3) is 0.273. The zero-order valence-corrected chi connectivity index (χ0v) is 19.1. The smallest absolute Gasteiger partial charge is 0.363 e. The van der Waals surface area contributed by atoms with Crippen LogP contribution in [-0.2, 0) is 9.53 Å². The van der Waals surface area contributed by atoms with Crippen LogP contribution in [-0.4, -0.2) is 29.5 Å². The van der Waals surface area contributed by atoms with E-state index < -0.39 is 10.9 Å². The Hall–Kier alpha value is -3.20. The number of cyclic esters (lactones) is 1. The fourth-order valence-electron chi connectivity index (χ4n) is 2.97. The molecule has 0 unspecified atom stereocenters. The maximum absolute atomic E-state index is 12.3. The molecule has 8 nitrogen and oxygen atoms in total. The first-order chi connectivity index (χ1) is 14.7. The largest absolute Gasteiger partial charge is 0.490 e. The molecule has 9 heteroatoms. The van der Waals surface area contributed by atoms with Crippen LogP contribution in [0.1, 0.15) is 37.5 Å². The highest BCUT2D eigenvalue weighted by Gasteiger charge is 2.26. The van der Waals surface area contributed by atoms with Gasteiger partial charge in [-0.2, -0.15) is 0 Å². The fourth-order valence-corrected chi connectivity index (χ4v) is 3.52. The molecule has 0 radical (unpaired) electrons. The summed E-state index contributed by atoms with van der Waals surface area (Å²) < 4.78 is 17.5. The van der Waals surface area contributed by atoms with Crippen molar-refractivity contribution in [3.63, 3.8) is 0 Å². The van der Waals surface area contributed by atoms with Gasteiger partial charge in [-0.25, -0.2) is 9.79 Å². The molecule has 3 rings (SSSR count). The zero-order chi connectivity index (χ0) is 22.7. The lowest BCUT2D eigenvalue weighted by atomic mass is 10.1. The molecule has 1 aliphatic rings. The molecular weight excluding hydrogens is 468 g/mol. The Morgan fingerprint density at radius 1 is 1.29 bits per heavy atom. The number of rotatable bonds is 7. The molecule has 2 aromatic rings. The van der Waals surface area contributed by atoms with Crippen molar-refractivity contribution in [2.45, 2.75) is 33.8 Å². The molecule has 162 valence electrons. The molecule has 0 N–H and O–H groups in total. The van der Waals surface area contributed by atoms with Gasteiger partial charge in [0.2, 0.25) is 5.90 Å². The van der Waals surface area contributed by atoms with E-state index in [0.717, 1.165) is 0 Å². The minimum Gasteiger partial charge on any atom is -0.490 e. The standard InChI is InChI=1S/C22H21BrN2O6/c1-5-29-19-11-14(9-16(23)20(19)30-12(2)3)10-17-22(26)31-21(24-17)15-6-7-18(25(27)28)13(4)8-15/h6-12H,5H2,1-4H3/b17-10-. The highest BCUT2D eigenvalue weighted by atomic mass is 79.9. The maximum Gasteiger partial charge on any atom is 0.363 e. The third-order valence-electron chi connectivity index (χ3n) is 4.25. The minimum absolute atomic E-state index is 0.0125. The van der Waals surface area contributed by atoms with Crippen molar-refractivity contribution in [3.8, 4) is 11.5 Å². The van der Waals surface area contributed by atoms with Gasteiger partial charge in [0.15, 0.2) is 17.2 Å². The molecule has 0 aromatic heterocycles. The predicted molar refractivity (Wildman–Crippen MR) is 120 cm³/mol. The van der Waals surface area contributed by atoms with E-state index in [4.69, 9.17) is 14.2 Å². The maximum atomic E-state index is 12.3. The molecule has 0 atom stereocenters. The third kappa shape index (κ3) is 5.11. The van der Waals surface area contributed by atoms with Crippen LogP contribution in [0.25, 0.3) is 6.08 Å². The van der Waals surface area contributed by atoms with E-state index in [1.807, 2.05) is 20.8 Å². The van der Waals surface area contributed by atoms with Crippen LogP contribution in [0.4, 0.5) is 5.69 Å². The number of carbonyl (C=O) groups excluding carboxylic acids is 1. The number of halogens is 1. The van der Waals surface area contributed by atoms with Gasteiger partial charge >= 0.3 is 5.97 Å². The molecule has 0 amide bonds. The molecule has 2 aromatic carbocycles. The van der Waals surface area contributed by atoms with E-state index in [-0.39, 0.29) is 23.4 Å². The highest BCUT2D eigenvalue weighted by Crippen LogP contribution is 2.38. The van der Waals surface area contributed by atoms with Crippen LogP contribution in [0.15, 0.2) is 45.5 Å². The van der Waals surface area contributed by atoms with Crippen LogP contribution in [0.5, 0.6) is 11.5 Å². The van der Waals surface area contributed by atoms with Gasteiger partial charge in [0.25, 0.3) is 5.69 Å². The van der Waals surface area contributed by atoms with Crippen molar-refractivity contribution in [2.75, 3.05) is 6.61 Å². The quantitative estimate of drug-likeness (QED) is 0.230. The number of hydrogen-bond acceptors (Lipinski definition) is 7. The summed E-state index contributed by atoms with van der Waals surface area (Å²) in [7, 11) is 0. The Labute approximate surface area is 187 Å². The lowest BCUT2D eigenvalue weighted by molar-refractivity contribution is -0.385. The van der Waals surface area contributed by atoms with E-state index in [9.17, 15) is 14.9 Å². The van der Waals surface area contributed by atoms with E-state index in [1.54, 1.807) is 31.2 Å². The molecular formula is C22H21BrN2O6. The van der Waals surface area contributed by atoms with Crippen molar-refractivity contribution in [3.05, 3.63) is 67.3 Å². The molecule has 31 heavy (non-hydrogen) atoms. The number of nitrogens with zero attached hydrogens (tertiary/aromatic N) is 2. The van der Waals surface area contributed by atoms with E-state index in [1.165, 1.54) is 12.1 Å². The van der Waals surface area contributed by atoms with Crippen LogP contribution >= 0.6 is 15.9 Å². The Morgan fingerprint density at radius 3 is 2.65 bits per heavy atom. The molecule has 0 spiro atoms. The summed E-state index contributed by atoms with van der Waals surface area (Å²) >= 11 is 3.49. The second kappa shape index (κ2) is 9.30. The summed E-state index contributed by atoms with van der Waals surface area (Å²) in [6.07, 6.45) is 1.54. The van der Waals surface area contributed by atoms with Crippen molar-refractivity contribution >= 4 is 39.6 Å². The van der Waals surface area contributed by atoms with E-state index >= 15 is 0 Å². The Morgan fingerprint density at radius 2 is 2.03 bits per heavy atom. The number of esters is 1. The molecule has 0 saturated carbocycles. The van der Waals surface area contributed by atoms with Gasteiger partial charge in [-0.15, -0.1) is 0 Å². The lowest BCUT2D eigenvalue weighted by Crippen LogP contribution is -2.08. The first kappa shape index (κ1) is 22.5. The third-order valence-corrected chi connectivity index (χ3v) is 4.84.